The van der Waals surface area contributed by atoms with Crippen molar-refractivity contribution in [3.63, 3.8) is 0 Å². The van der Waals surface area contributed by atoms with Gasteiger partial charge in [-0.3, -0.25) is 0 Å². The minimum absolute atomic E-state index is 0.0326. The van der Waals surface area contributed by atoms with Gasteiger partial charge in [-0.15, -0.1) is 11.8 Å². The second-order valence-corrected chi connectivity index (χ2v) is 7.92. The third-order valence-corrected chi connectivity index (χ3v) is 5.34. The fraction of sp³-hybridized carbons (Fsp3) is 0.273. The Morgan fingerprint density at radius 1 is 1.00 bits per heavy atom. The second kappa shape index (κ2) is 8.01. The number of aromatic hydroxyl groups is 1. The molecule has 4 nitrogen and oxygen atoms in total. The number of hydrogen-bond acceptors (Lipinski definition) is 5. The molecule has 0 spiro atoms. The first-order valence-corrected chi connectivity index (χ1v) is 9.83. The van der Waals surface area contributed by atoms with Gasteiger partial charge in [-0.05, 0) is 56.0 Å². The quantitative estimate of drug-likeness (QED) is 0.632. The summed E-state index contributed by atoms with van der Waals surface area (Å²) < 4.78 is 5.49. The first kappa shape index (κ1) is 19.2. The summed E-state index contributed by atoms with van der Waals surface area (Å²) in [4.78, 5) is 16.9. The Hall–Kier alpha value is -2.53. The zero-order chi connectivity index (χ0) is 19.6. The van der Waals surface area contributed by atoms with Crippen LogP contribution in [0.15, 0.2) is 50.8 Å². The highest BCUT2D eigenvalue weighted by Crippen LogP contribution is 2.33. The van der Waals surface area contributed by atoms with Crippen LogP contribution in [0.2, 0.25) is 0 Å². The fourth-order valence-corrected chi connectivity index (χ4v) is 4.06. The summed E-state index contributed by atoms with van der Waals surface area (Å²) >= 11 is 1.59. The average molecular weight is 381 g/mol. The fourth-order valence-electron chi connectivity index (χ4n) is 3.25. The zero-order valence-electron chi connectivity index (χ0n) is 16.0. The van der Waals surface area contributed by atoms with Crippen LogP contribution in [0.5, 0.6) is 5.75 Å². The van der Waals surface area contributed by atoms with Gasteiger partial charge < -0.3 is 9.52 Å². The number of hydrogen-bond donors (Lipinski definition) is 1. The van der Waals surface area contributed by atoms with Crippen LogP contribution in [0.25, 0.3) is 11.1 Å². The average Bonchev–Trinajstić information content (AvgIpc) is 2.58. The molecule has 27 heavy (non-hydrogen) atoms. The third kappa shape index (κ3) is 4.42. The number of benzene rings is 1. The highest BCUT2D eigenvalue weighted by atomic mass is 32.2. The molecule has 0 saturated heterocycles. The van der Waals surface area contributed by atoms with E-state index in [0.717, 1.165) is 32.8 Å². The third-order valence-electron chi connectivity index (χ3n) is 4.39. The van der Waals surface area contributed by atoms with E-state index >= 15 is 0 Å². The SMILES string of the molecule is Cc1ccc(SCCc2cc(O)c(-c3c(C)cc(C)cc3C)c(=O)o2)nc1. The summed E-state index contributed by atoms with van der Waals surface area (Å²) in [6.45, 7) is 7.88. The minimum atomic E-state index is -0.501. The first-order chi connectivity index (χ1) is 12.8. The Balaban J connectivity index is 1.81. The molecule has 0 aliphatic heterocycles. The summed E-state index contributed by atoms with van der Waals surface area (Å²) in [7, 11) is 0. The van der Waals surface area contributed by atoms with E-state index in [0.29, 0.717) is 17.9 Å². The van der Waals surface area contributed by atoms with E-state index in [1.54, 1.807) is 17.8 Å². The van der Waals surface area contributed by atoms with Crippen LogP contribution in [0, 0.1) is 27.7 Å². The molecule has 1 aromatic carbocycles. The first-order valence-electron chi connectivity index (χ1n) is 8.85. The predicted octanol–water partition coefficient (Wildman–Crippen LogP) is 4.98. The Labute approximate surface area is 163 Å². The van der Waals surface area contributed by atoms with Crippen LogP contribution in [-0.4, -0.2) is 15.8 Å². The highest BCUT2D eigenvalue weighted by Gasteiger charge is 2.17. The van der Waals surface area contributed by atoms with Crippen molar-refractivity contribution in [3.8, 4) is 16.9 Å². The van der Waals surface area contributed by atoms with Crippen molar-refractivity contribution < 1.29 is 9.52 Å². The normalized spacial score (nSPS) is 11.0. The molecule has 2 heterocycles. The van der Waals surface area contributed by atoms with Gasteiger partial charge in [-0.25, -0.2) is 9.78 Å². The summed E-state index contributed by atoms with van der Waals surface area (Å²) in [5.74, 6) is 1.15. The summed E-state index contributed by atoms with van der Waals surface area (Å²) in [5, 5.41) is 11.4. The topological polar surface area (TPSA) is 63.3 Å². The maximum atomic E-state index is 12.6. The number of aryl methyl sites for hydroxylation is 5. The van der Waals surface area contributed by atoms with E-state index in [-0.39, 0.29) is 11.3 Å². The zero-order valence-corrected chi connectivity index (χ0v) is 16.8. The molecule has 0 unspecified atom stereocenters. The van der Waals surface area contributed by atoms with Crippen LogP contribution < -0.4 is 5.63 Å². The molecule has 0 amide bonds. The Morgan fingerprint density at radius 3 is 2.30 bits per heavy atom. The van der Waals surface area contributed by atoms with E-state index < -0.39 is 5.63 Å². The molecule has 0 aliphatic carbocycles. The van der Waals surface area contributed by atoms with E-state index in [1.165, 1.54) is 0 Å². The Kier molecular flexibility index (Phi) is 5.71. The maximum absolute atomic E-state index is 12.6. The van der Waals surface area contributed by atoms with Gasteiger partial charge in [0, 0.05) is 24.4 Å². The lowest BCUT2D eigenvalue weighted by atomic mass is 9.94. The van der Waals surface area contributed by atoms with Gasteiger partial charge in [0.15, 0.2) is 0 Å². The number of thioether (sulfide) groups is 1. The van der Waals surface area contributed by atoms with Gasteiger partial charge in [0.1, 0.15) is 17.1 Å². The van der Waals surface area contributed by atoms with Crippen molar-refractivity contribution in [1.29, 1.82) is 0 Å². The smallest absolute Gasteiger partial charge is 0.347 e. The Bertz CT molecular complexity index is 1000. The van der Waals surface area contributed by atoms with E-state index in [4.69, 9.17) is 4.42 Å². The standard InChI is InChI=1S/C22H23NO3S/c1-13-5-6-19(23-12-13)27-8-7-17-11-18(24)21(22(25)26-17)20-15(3)9-14(2)10-16(20)4/h5-6,9-12,24H,7-8H2,1-4H3. The van der Waals surface area contributed by atoms with Crippen LogP contribution in [-0.2, 0) is 6.42 Å². The van der Waals surface area contributed by atoms with Crippen LogP contribution in [0.3, 0.4) is 0 Å². The molecule has 0 atom stereocenters. The monoisotopic (exact) mass is 381 g/mol. The van der Waals surface area contributed by atoms with E-state index in [2.05, 4.69) is 4.98 Å². The minimum Gasteiger partial charge on any atom is -0.507 e. The molecular formula is C22H23NO3S. The van der Waals surface area contributed by atoms with E-state index in [1.807, 2.05) is 58.2 Å². The lowest BCUT2D eigenvalue weighted by molar-refractivity contribution is 0.430. The number of rotatable bonds is 5. The molecular weight excluding hydrogens is 358 g/mol. The number of pyridine rings is 1. The second-order valence-electron chi connectivity index (χ2n) is 6.81. The lowest BCUT2D eigenvalue weighted by Crippen LogP contribution is -2.08. The summed E-state index contributed by atoms with van der Waals surface area (Å²) in [5.41, 5.74) is 4.62. The molecule has 0 bridgehead atoms. The van der Waals surface area contributed by atoms with Gasteiger partial charge in [-0.2, -0.15) is 0 Å². The highest BCUT2D eigenvalue weighted by molar-refractivity contribution is 7.99. The van der Waals surface area contributed by atoms with Crippen LogP contribution in [0.4, 0.5) is 0 Å². The van der Waals surface area contributed by atoms with Crippen molar-refractivity contribution in [1.82, 2.24) is 4.98 Å². The van der Waals surface area contributed by atoms with Gasteiger partial charge in [-0.1, -0.05) is 23.8 Å². The Morgan fingerprint density at radius 2 is 1.70 bits per heavy atom. The lowest BCUT2D eigenvalue weighted by Gasteiger charge is -2.12. The van der Waals surface area contributed by atoms with E-state index in [9.17, 15) is 9.90 Å². The molecule has 0 radical (unpaired) electrons. The van der Waals surface area contributed by atoms with Gasteiger partial charge in [0.25, 0.3) is 0 Å². The van der Waals surface area contributed by atoms with Gasteiger partial charge in [0.05, 0.1) is 5.03 Å². The van der Waals surface area contributed by atoms with Gasteiger partial charge >= 0.3 is 5.63 Å². The molecule has 140 valence electrons. The van der Waals surface area contributed by atoms with Crippen molar-refractivity contribution in [2.45, 2.75) is 39.1 Å². The molecule has 2 aromatic heterocycles. The maximum Gasteiger partial charge on any atom is 0.347 e. The largest absolute Gasteiger partial charge is 0.507 e. The van der Waals surface area contributed by atoms with Crippen molar-refractivity contribution in [2.24, 2.45) is 0 Å². The summed E-state index contributed by atoms with van der Waals surface area (Å²) in [6.07, 6.45) is 2.37. The van der Waals surface area contributed by atoms with Crippen molar-refractivity contribution >= 4 is 11.8 Å². The number of aromatic nitrogens is 1. The van der Waals surface area contributed by atoms with Crippen molar-refractivity contribution in [3.05, 3.63) is 75.0 Å². The van der Waals surface area contributed by atoms with Crippen LogP contribution in [0.1, 0.15) is 28.0 Å². The van der Waals surface area contributed by atoms with Gasteiger partial charge in [0.2, 0.25) is 0 Å². The molecule has 0 aliphatic rings. The van der Waals surface area contributed by atoms with Crippen LogP contribution >= 0.6 is 11.8 Å². The predicted molar refractivity (Wildman–Crippen MR) is 110 cm³/mol. The van der Waals surface area contributed by atoms with Crippen molar-refractivity contribution in [2.75, 3.05) is 5.75 Å². The number of nitrogens with zero attached hydrogens (tertiary/aromatic N) is 1. The summed E-state index contributed by atoms with van der Waals surface area (Å²) in [6, 6.07) is 9.54. The molecule has 1 N–H and O–H groups in total. The molecule has 5 heteroatoms. The molecule has 3 rings (SSSR count). The molecule has 3 aromatic rings. The molecule has 0 fully saturated rings. The molecule has 0 saturated carbocycles.